The molecule has 0 radical (unpaired) electrons. The van der Waals surface area contributed by atoms with Crippen molar-refractivity contribution in [3.8, 4) is 33.9 Å². The number of H-pyrrole nitrogens is 2. The Balaban J connectivity index is 1.45. The highest BCUT2D eigenvalue weighted by molar-refractivity contribution is 7.90. The number of nitrogens with one attached hydrogen (secondary N) is 2. The van der Waals surface area contributed by atoms with Crippen molar-refractivity contribution >= 4 is 31.8 Å². The Morgan fingerprint density at radius 1 is 0.947 bits per heavy atom. The number of rotatable bonds is 6. The summed E-state index contributed by atoms with van der Waals surface area (Å²) in [5.74, 6) is -0.630. The number of hydrogen-bond donors (Lipinski definition) is 2. The predicted octanol–water partition coefficient (Wildman–Crippen LogP) is 4.49. The number of halogens is 2. The van der Waals surface area contributed by atoms with Crippen LogP contribution in [0.15, 0.2) is 61.3 Å². The van der Waals surface area contributed by atoms with E-state index in [1.54, 1.807) is 24.4 Å². The third-order valence-electron chi connectivity index (χ3n) is 6.14. The van der Waals surface area contributed by atoms with Gasteiger partial charge in [0.1, 0.15) is 39.0 Å². The molecule has 0 bridgehead atoms. The third-order valence-corrected chi connectivity index (χ3v) is 7.09. The second kappa shape index (κ2) is 9.06. The molecule has 0 fully saturated rings. The molecule has 190 valence electrons. The van der Waals surface area contributed by atoms with Crippen LogP contribution in [0.2, 0.25) is 0 Å². The van der Waals surface area contributed by atoms with Crippen LogP contribution in [0.3, 0.4) is 0 Å². The molecule has 0 aliphatic carbocycles. The minimum absolute atomic E-state index is 0.0933. The summed E-state index contributed by atoms with van der Waals surface area (Å²) in [6.07, 6.45) is 7.32. The molecule has 4 aromatic heterocycles. The van der Waals surface area contributed by atoms with Gasteiger partial charge in [0.05, 0.1) is 22.5 Å². The normalized spacial score (nSPS) is 12.0. The number of fused-ring (bicyclic) bond motifs is 2. The summed E-state index contributed by atoms with van der Waals surface area (Å²) in [5, 5.41) is 7.84. The first-order valence-corrected chi connectivity index (χ1v) is 13.6. The van der Waals surface area contributed by atoms with Crippen molar-refractivity contribution in [1.29, 1.82) is 0 Å². The average molecular weight is 532 g/mol. The lowest BCUT2D eigenvalue weighted by Crippen LogP contribution is -2.06. The van der Waals surface area contributed by atoms with Gasteiger partial charge in [-0.1, -0.05) is 0 Å². The van der Waals surface area contributed by atoms with Gasteiger partial charge in [0.2, 0.25) is 0 Å². The quantitative estimate of drug-likeness (QED) is 0.324. The lowest BCUT2D eigenvalue weighted by molar-refractivity contribution is 0.600. The molecule has 4 heterocycles. The molecule has 0 saturated carbocycles. The maximum absolute atomic E-state index is 14.8. The molecule has 38 heavy (non-hydrogen) atoms. The molecule has 0 amide bonds. The maximum atomic E-state index is 14.8. The maximum Gasteiger partial charge on any atom is 0.159 e. The highest BCUT2D eigenvalue weighted by atomic mass is 32.2. The monoisotopic (exact) mass is 531 g/mol. The van der Waals surface area contributed by atoms with Gasteiger partial charge in [-0.05, 0) is 42.3 Å². The van der Waals surface area contributed by atoms with Crippen LogP contribution in [0, 0.1) is 11.6 Å². The molecular weight excluding hydrogens is 512 g/mol. The van der Waals surface area contributed by atoms with E-state index in [-0.39, 0.29) is 12.2 Å². The van der Waals surface area contributed by atoms with Gasteiger partial charge in [0.15, 0.2) is 5.82 Å². The summed E-state index contributed by atoms with van der Waals surface area (Å²) in [7, 11) is -3.21. The molecule has 0 unspecified atom stereocenters. The van der Waals surface area contributed by atoms with Crippen LogP contribution >= 0.6 is 0 Å². The lowest BCUT2D eigenvalue weighted by atomic mass is 10.0. The van der Waals surface area contributed by atoms with Crippen molar-refractivity contribution in [3.05, 3.63) is 78.5 Å². The zero-order valence-electron chi connectivity index (χ0n) is 19.9. The highest BCUT2D eigenvalue weighted by Gasteiger charge is 2.19. The predicted molar refractivity (Wildman–Crippen MR) is 139 cm³/mol. The fourth-order valence-corrected chi connectivity index (χ4v) is 4.98. The third kappa shape index (κ3) is 4.50. The molecule has 2 N–H and O–H groups in total. The highest BCUT2D eigenvalue weighted by Crippen LogP contribution is 2.33. The van der Waals surface area contributed by atoms with Crippen molar-refractivity contribution in [2.24, 2.45) is 0 Å². The molecule has 0 saturated heterocycles. The minimum Gasteiger partial charge on any atom is -0.336 e. The number of sulfone groups is 1. The Bertz CT molecular complexity index is 1940. The zero-order valence-corrected chi connectivity index (χ0v) is 20.7. The van der Waals surface area contributed by atoms with E-state index < -0.39 is 21.5 Å². The van der Waals surface area contributed by atoms with Gasteiger partial charge in [-0.15, -0.1) is 0 Å². The molecule has 12 heteroatoms. The second-order valence-electron chi connectivity index (χ2n) is 8.95. The molecule has 2 aromatic carbocycles. The van der Waals surface area contributed by atoms with Crippen molar-refractivity contribution in [2.45, 2.75) is 6.42 Å². The average Bonchev–Trinajstić information content (AvgIpc) is 3.50. The van der Waals surface area contributed by atoms with Crippen LogP contribution in [-0.4, -0.2) is 55.5 Å². The van der Waals surface area contributed by atoms with E-state index in [4.69, 9.17) is 4.98 Å². The number of benzene rings is 2. The van der Waals surface area contributed by atoms with Gasteiger partial charge in [-0.3, -0.25) is 10.1 Å². The van der Waals surface area contributed by atoms with E-state index in [2.05, 4.69) is 30.1 Å². The SMILES string of the molecule is CS(=O)(=O)CCc1cc(F)cc(-c2nccc3[nH]c(-c4n[nH]c5cc(F)c(-c6cncnc6)cc45)nc23)c1. The second-order valence-corrected chi connectivity index (χ2v) is 11.2. The number of nitrogens with zero attached hydrogens (tertiary/aromatic N) is 5. The summed E-state index contributed by atoms with van der Waals surface area (Å²) in [5.41, 5.74) is 4.35. The van der Waals surface area contributed by atoms with Gasteiger partial charge in [0.25, 0.3) is 0 Å². The van der Waals surface area contributed by atoms with E-state index in [1.165, 1.54) is 36.9 Å². The van der Waals surface area contributed by atoms with Crippen LogP contribution < -0.4 is 0 Å². The Hall–Kier alpha value is -4.58. The molecule has 0 atom stereocenters. The Morgan fingerprint density at radius 2 is 1.76 bits per heavy atom. The summed E-state index contributed by atoms with van der Waals surface area (Å²) in [6, 6.07) is 9.12. The summed E-state index contributed by atoms with van der Waals surface area (Å²) in [6.45, 7) is 0. The number of aromatic nitrogens is 7. The van der Waals surface area contributed by atoms with E-state index in [9.17, 15) is 17.2 Å². The number of aryl methyl sites for hydroxylation is 1. The Morgan fingerprint density at radius 3 is 2.55 bits per heavy atom. The van der Waals surface area contributed by atoms with Gasteiger partial charge in [-0.25, -0.2) is 32.2 Å². The summed E-state index contributed by atoms with van der Waals surface area (Å²) < 4.78 is 52.5. The van der Waals surface area contributed by atoms with E-state index in [0.717, 1.165) is 6.26 Å². The number of imidazole rings is 1. The smallest absolute Gasteiger partial charge is 0.159 e. The van der Waals surface area contributed by atoms with Gasteiger partial charge < -0.3 is 4.98 Å². The molecule has 0 aliphatic rings. The summed E-state index contributed by atoms with van der Waals surface area (Å²) >= 11 is 0. The van der Waals surface area contributed by atoms with Crippen LogP contribution in [-0.2, 0) is 16.3 Å². The number of pyridine rings is 1. The van der Waals surface area contributed by atoms with Gasteiger partial charge in [-0.2, -0.15) is 5.10 Å². The zero-order chi connectivity index (χ0) is 26.4. The lowest BCUT2D eigenvalue weighted by Gasteiger charge is -2.06. The Labute approximate surface area is 215 Å². The fraction of sp³-hybridized carbons (Fsp3) is 0.115. The van der Waals surface area contributed by atoms with Crippen LogP contribution in [0.5, 0.6) is 0 Å². The molecule has 0 aliphatic heterocycles. The number of hydrogen-bond acceptors (Lipinski definition) is 7. The topological polar surface area (TPSA) is 130 Å². The first kappa shape index (κ1) is 23.8. The van der Waals surface area contributed by atoms with Crippen molar-refractivity contribution in [2.75, 3.05) is 12.0 Å². The van der Waals surface area contributed by atoms with Gasteiger partial charge >= 0.3 is 0 Å². The first-order chi connectivity index (χ1) is 18.2. The number of aromatic amines is 2. The molecule has 6 aromatic rings. The van der Waals surface area contributed by atoms with Crippen LogP contribution in [0.25, 0.3) is 55.8 Å². The molecule has 9 nitrogen and oxygen atoms in total. The van der Waals surface area contributed by atoms with Crippen molar-refractivity contribution in [3.63, 3.8) is 0 Å². The largest absolute Gasteiger partial charge is 0.336 e. The standard InChI is InChI=1S/C26H19F2N7O2S/c1-38(36,37)5-3-14-6-15(8-17(27)7-14)23-25-21(2-4-31-23)32-26(33-25)24-19-9-18(16-11-29-13-30-12-16)20(28)10-22(19)34-35-24/h2,4,6-13H,3,5H2,1H3,(H,32,33)(H,34,35). The van der Waals surface area contributed by atoms with Crippen LogP contribution in [0.4, 0.5) is 8.78 Å². The van der Waals surface area contributed by atoms with Crippen molar-refractivity contribution < 1.29 is 17.2 Å². The Kier molecular flexibility index (Phi) is 5.68. The summed E-state index contributed by atoms with van der Waals surface area (Å²) in [4.78, 5) is 20.3. The van der Waals surface area contributed by atoms with Crippen LogP contribution in [0.1, 0.15) is 5.56 Å². The van der Waals surface area contributed by atoms with E-state index in [0.29, 0.717) is 61.4 Å². The van der Waals surface area contributed by atoms with E-state index in [1.807, 2.05) is 0 Å². The first-order valence-electron chi connectivity index (χ1n) is 11.5. The van der Waals surface area contributed by atoms with Crippen molar-refractivity contribution in [1.82, 2.24) is 35.1 Å². The molecule has 6 rings (SSSR count). The van der Waals surface area contributed by atoms with E-state index >= 15 is 0 Å². The van der Waals surface area contributed by atoms with Gasteiger partial charge in [0, 0.05) is 53.0 Å². The molecule has 0 spiro atoms. The minimum atomic E-state index is -3.21. The fourth-order valence-electron chi connectivity index (χ4n) is 4.37. The molecular formula is C26H19F2N7O2S.